The fraction of sp³-hybridized carbons (Fsp3) is 0.167. The summed E-state index contributed by atoms with van der Waals surface area (Å²) < 4.78 is 0.423. The van der Waals surface area contributed by atoms with Crippen molar-refractivity contribution >= 4 is 33.3 Å². The maximum Gasteiger partial charge on any atom is 0.364 e. The van der Waals surface area contributed by atoms with Gasteiger partial charge in [0.05, 0.1) is 0 Å². The Hall–Kier alpha value is -0.680. The molecular weight excluding hydrogens is 247 g/mol. The molecule has 0 unspecified atom stereocenters. The third kappa shape index (κ3) is 2.15. The third-order valence-electron chi connectivity index (χ3n) is 1.18. The molecular formula is C6H4BrClN2O2. The standard InChI is InChI=1S/C6H4BrClN2O2/c7-5-1-4(3-8)2-6(9-5)10(11)12/h1-2H,3H2. The first kappa shape index (κ1) is 9.41. The van der Waals surface area contributed by atoms with Crippen molar-refractivity contribution in [2.24, 2.45) is 0 Å². The molecule has 6 heteroatoms. The van der Waals surface area contributed by atoms with Crippen LogP contribution in [-0.4, -0.2) is 9.91 Å². The highest BCUT2D eigenvalue weighted by Gasteiger charge is 2.10. The summed E-state index contributed by atoms with van der Waals surface area (Å²) in [5.41, 5.74) is 0.672. The minimum atomic E-state index is -0.555. The topological polar surface area (TPSA) is 56.0 Å². The van der Waals surface area contributed by atoms with Crippen molar-refractivity contribution in [1.82, 2.24) is 4.98 Å². The van der Waals surface area contributed by atoms with E-state index in [9.17, 15) is 10.1 Å². The van der Waals surface area contributed by atoms with Gasteiger partial charge in [0.2, 0.25) is 4.60 Å². The number of pyridine rings is 1. The lowest BCUT2D eigenvalue weighted by atomic mass is 10.3. The van der Waals surface area contributed by atoms with Gasteiger partial charge in [-0.25, -0.2) is 0 Å². The molecule has 0 saturated heterocycles. The minimum absolute atomic E-state index is 0.194. The Morgan fingerprint density at radius 3 is 2.83 bits per heavy atom. The van der Waals surface area contributed by atoms with Crippen LogP contribution in [0.4, 0.5) is 5.82 Å². The molecule has 0 N–H and O–H groups in total. The van der Waals surface area contributed by atoms with Gasteiger partial charge in [-0.05, 0) is 15.5 Å². The van der Waals surface area contributed by atoms with Crippen molar-refractivity contribution in [2.75, 3.05) is 0 Å². The first-order valence-electron chi connectivity index (χ1n) is 3.00. The SMILES string of the molecule is O=[N+]([O-])c1cc(CCl)cc(Br)n1. The quantitative estimate of drug-likeness (QED) is 0.351. The van der Waals surface area contributed by atoms with Crippen LogP contribution in [0.25, 0.3) is 0 Å². The van der Waals surface area contributed by atoms with E-state index in [1.165, 1.54) is 6.07 Å². The van der Waals surface area contributed by atoms with E-state index in [0.29, 0.717) is 10.2 Å². The summed E-state index contributed by atoms with van der Waals surface area (Å²) >= 11 is 8.55. The second-order valence-electron chi connectivity index (χ2n) is 2.05. The molecule has 12 heavy (non-hydrogen) atoms. The number of nitrogens with zero attached hydrogens (tertiary/aromatic N) is 2. The number of alkyl halides is 1. The van der Waals surface area contributed by atoms with Crippen LogP contribution in [0.1, 0.15) is 5.56 Å². The highest BCUT2D eigenvalue weighted by molar-refractivity contribution is 9.10. The maximum atomic E-state index is 10.3. The van der Waals surface area contributed by atoms with Gasteiger partial charge in [0.25, 0.3) is 0 Å². The zero-order valence-corrected chi connectivity index (χ0v) is 8.17. The van der Waals surface area contributed by atoms with Crippen LogP contribution in [-0.2, 0) is 5.88 Å². The van der Waals surface area contributed by atoms with Crippen molar-refractivity contribution in [3.63, 3.8) is 0 Å². The highest BCUT2D eigenvalue weighted by Crippen LogP contribution is 2.17. The molecule has 0 aliphatic rings. The van der Waals surface area contributed by atoms with Crippen molar-refractivity contribution in [3.05, 3.63) is 32.4 Å². The fourth-order valence-electron chi connectivity index (χ4n) is 0.705. The van der Waals surface area contributed by atoms with E-state index in [4.69, 9.17) is 11.6 Å². The van der Waals surface area contributed by atoms with Crippen LogP contribution in [0.5, 0.6) is 0 Å². The summed E-state index contributed by atoms with van der Waals surface area (Å²) in [5.74, 6) is 0.0436. The Morgan fingerprint density at radius 2 is 2.33 bits per heavy atom. The molecule has 0 spiro atoms. The van der Waals surface area contributed by atoms with Crippen molar-refractivity contribution in [2.45, 2.75) is 5.88 Å². The largest absolute Gasteiger partial charge is 0.364 e. The Labute approximate surface area is 81.8 Å². The monoisotopic (exact) mass is 250 g/mol. The van der Waals surface area contributed by atoms with E-state index in [2.05, 4.69) is 20.9 Å². The lowest BCUT2D eigenvalue weighted by Crippen LogP contribution is -1.93. The number of rotatable bonds is 2. The molecule has 0 aliphatic carbocycles. The predicted molar refractivity (Wildman–Crippen MR) is 48.1 cm³/mol. The number of hydrogen-bond acceptors (Lipinski definition) is 3. The minimum Gasteiger partial charge on any atom is -0.358 e. The third-order valence-corrected chi connectivity index (χ3v) is 1.90. The molecule has 0 bridgehead atoms. The molecule has 1 heterocycles. The van der Waals surface area contributed by atoms with E-state index in [0.717, 1.165) is 0 Å². The Kier molecular flexibility index (Phi) is 2.99. The van der Waals surface area contributed by atoms with Crippen molar-refractivity contribution < 1.29 is 4.92 Å². The van der Waals surface area contributed by atoms with Crippen LogP contribution >= 0.6 is 27.5 Å². The summed E-state index contributed by atoms with van der Waals surface area (Å²) in [7, 11) is 0. The van der Waals surface area contributed by atoms with Gasteiger partial charge in [-0.15, -0.1) is 11.6 Å². The first-order chi connectivity index (χ1) is 5.63. The van der Waals surface area contributed by atoms with Crippen LogP contribution in [0.3, 0.4) is 0 Å². The second-order valence-corrected chi connectivity index (χ2v) is 3.13. The van der Waals surface area contributed by atoms with Gasteiger partial charge >= 0.3 is 5.82 Å². The van der Waals surface area contributed by atoms with E-state index in [1.807, 2.05) is 0 Å². The Balaban J connectivity index is 3.15. The van der Waals surface area contributed by atoms with Gasteiger partial charge in [0.15, 0.2) is 0 Å². The summed E-state index contributed by atoms with van der Waals surface area (Å²) in [5, 5.41) is 10.3. The molecule has 1 aromatic heterocycles. The molecule has 0 aromatic carbocycles. The maximum absolute atomic E-state index is 10.3. The van der Waals surface area contributed by atoms with E-state index < -0.39 is 4.92 Å². The highest BCUT2D eigenvalue weighted by atomic mass is 79.9. The smallest absolute Gasteiger partial charge is 0.358 e. The van der Waals surface area contributed by atoms with Crippen molar-refractivity contribution in [1.29, 1.82) is 0 Å². The van der Waals surface area contributed by atoms with Gasteiger partial charge in [-0.1, -0.05) is 0 Å². The number of aromatic nitrogens is 1. The van der Waals surface area contributed by atoms with Gasteiger partial charge < -0.3 is 10.1 Å². The average Bonchev–Trinajstić information content (AvgIpc) is 2.03. The Bertz CT molecular complexity index is 318. The molecule has 64 valence electrons. The zero-order chi connectivity index (χ0) is 9.14. The number of halogens is 2. The summed E-state index contributed by atoms with van der Waals surface area (Å²) in [4.78, 5) is 13.4. The van der Waals surface area contributed by atoms with Gasteiger partial charge in [-0.3, -0.25) is 0 Å². The summed E-state index contributed by atoms with van der Waals surface area (Å²) in [6, 6.07) is 2.98. The van der Waals surface area contributed by atoms with Gasteiger partial charge in [0.1, 0.15) is 0 Å². The summed E-state index contributed by atoms with van der Waals surface area (Å²) in [6.07, 6.45) is 0. The van der Waals surface area contributed by atoms with E-state index >= 15 is 0 Å². The second kappa shape index (κ2) is 3.82. The fourth-order valence-corrected chi connectivity index (χ4v) is 1.34. The Morgan fingerprint density at radius 1 is 1.67 bits per heavy atom. The molecule has 0 aliphatic heterocycles. The number of hydrogen-bond donors (Lipinski definition) is 0. The molecule has 0 amide bonds. The van der Waals surface area contributed by atoms with E-state index in [1.54, 1.807) is 6.07 Å². The lowest BCUT2D eigenvalue weighted by Gasteiger charge is -1.95. The molecule has 4 nitrogen and oxygen atoms in total. The van der Waals surface area contributed by atoms with Crippen LogP contribution in [0.15, 0.2) is 16.7 Å². The van der Waals surface area contributed by atoms with Crippen LogP contribution in [0, 0.1) is 10.1 Å². The molecule has 0 fully saturated rings. The molecule has 1 aromatic rings. The zero-order valence-electron chi connectivity index (χ0n) is 5.83. The molecule has 0 radical (unpaired) electrons. The number of nitro groups is 1. The molecule has 0 saturated carbocycles. The summed E-state index contributed by atoms with van der Waals surface area (Å²) in [6.45, 7) is 0. The van der Waals surface area contributed by atoms with Crippen LogP contribution < -0.4 is 0 Å². The molecule has 1 rings (SSSR count). The first-order valence-corrected chi connectivity index (χ1v) is 4.33. The predicted octanol–water partition coefficient (Wildman–Crippen LogP) is 2.49. The lowest BCUT2D eigenvalue weighted by molar-refractivity contribution is -0.389. The van der Waals surface area contributed by atoms with Gasteiger partial charge in [0, 0.05) is 33.9 Å². The van der Waals surface area contributed by atoms with Gasteiger partial charge in [-0.2, -0.15) is 0 Å². The van der Waals surface area contributed by atoms with Crippen LogP contribution in [0.2, 0.25) is 0 Å². The van der Waals surface area contributed by atoms with E-state index in [-0.39, 0.29) is 11.7 Å². The van der Waals surface area contributed by atoms with Crippen molar-refractivity contribution in [3.8, 4) is 0 Å². The molecule has 0 atom stereocenters. The average molecular weight is 251 g/mol. The normalized spacial score (nSPS) is 9.83.